The van der Waals surface area contributed by atoms with E-state index in [0.29, 0.717) is 19.1 Å². The van der Waals surface area contributed by atoms with Crippen LogP contribution in [0.1, 0.15) is 68.9 Å². The maximum atomic E-state index is 12.4. The zero-order valence-corrected chi connectivity index (χ0v) is 16.3. The van der Waals surface area contributed by atoms with E-state index >= 15 is 0 Å². The fourth-order valence-corrected chi connectivity index (χ4v) is 4.28. The van der Waals surface area contributed by atoms with Crippen LogP contribution in [0.4, 0.5) is 8.78 Å². The Bertz CT molecular complexity index is 579. The normalized spacial score (nSPS) is 28.7. The molecule has 1 aliphatic heterocycles. The first-order chi connectivity index (χ1) is 13.2. The van der Waals surface area contributed by atoms with Crippen LogP contribution in [0.5, 0.6) is 0 Å². The summed E-state index contributed by atoms with van der Waals surface area (Å²) in [7, 11) is 0. The van der Waals surface area contributed by atoms with Crippen LogP contribution in [-0.4, -0.2) is 19.5 Å². The van der Waals surface area contributed by atoms with Gasteiger partial charge in [-0.15, -0.1) is 0 Å². The minimum absolute atomic E-state index is 0.0124. The maximum Gasteiger partial charge on any atom is 0.266 e. The highest BCUT2D eigenvalue weighted by Crippen LogP contribution is 2.36. The van der Waals surface area contributed by atoms with Gasteiger partial charge in [0.15, 0.2) is 6.29 Å². The minimum Gasteiger partial charge on any atom is -0.352 e. The third-order valence-electron chi connectivity index (χ3n) is 6.01. The predicted molar refractivity (Wildman–Crippen MR) is 104 cm³/mol. The van der Waals surface area contributed by atoms with E-state index in [4.69, 9.17) is 9.47 Å². The van der Waals surface area contributed by atoms with Crippen molar-refractivity contribution in [3.05, 3.63) is 47.5 Å². The van der Waals surface area contributed by atoms with Gasteiger partial charge in [0.2, 0.25) is 0 Å². The molecule has 0 radical (unpaired) electrons. The molecule has 1 heterocycles. The summed E-state index contributed by atoms with van der Waals surface area (Å²) < 4.78 is 36.8. The predicted octanol–water partition coefficient (Wildman–Crippen LogP) is 6.46. The van der Waals surface area contributed by atoms with E-state index in [2.05, 4.69) is 31.2 Å². The number of unbranched alkanes of at least 4 members (excludes halogenated alkanes) is 2. The van der Waals surface area contributed by atoms with Crippen molar-refractivity contribution in [3.8, 4) is 0 Å². The molecule has 2 fully saturated rings. The van der Waals surface area contributed by atoms with E-state index in [0.717, 1.165) is 38.2 Å². The molecule has 1 aliphatic carbocycles. The van der Waals surface area contributed by atoms with Crippen LogP contribution in [0.3, 0.4) is 0 Å². The van der Waals surface area contributed by atoms with Gasteiger partial charge in [-0.3, -0.25) is 0 Å². The van der Waals surface area contributed by atoms with Gasteiger partial charge < -0.3 is 9.47 Å². The van der Waals surface area contributed by atoms with Gasteiger partial charge in [-0.2, -0.15) is 8.78 Å². The average Bonchev–Trinajstić information content (AvgIpc) is 2.69. The number of rotatable bonds is 7. The number of hydrogen-bond acceptors (Lipinski definition) is 2. The second kappa shape index (κ2) is 10.3. The Morgan fingerprint density at radius 3 is 2.26 bits per heavy atom. The van der Waals surface area contributed by atoms with Crippen LogP contribution >= 0.6 is 0 Å². The first kappa shape index (κ1) is 20.5. The van der Waals surface area contributed by atoms with Crippen LogP contribution in [0.15, 0.2) is 36.4 Å². The monoisotopic (exact) mass is 378 g/mol. The van der Waals surface area contributed by atoms with E-state index < -0.39 is 6.08 Å². The van der Waals surface area contributed by atoms with Gasteiger partial charge in [0.25, 0.3) is 6.08 Å². The summed E-state index contributed by atoms with van der Waals surface area (Å²) in [6, 6.07) is 8.88. The Balaban J connectivity index is 1.43. The second-order valence-electron chi connectivity index (χ2n) is 8.06. The van der Waals surface area contributed by atoms with Crippen molar-refractivity contribution >= 4 is 0 Å². The highest BCUT2D eigenvalue weighted by atomic mass is 19.3. The van der Waals surface area contributed by atoms with E-state index in [-0.39, 0.29) is 18.1 Å². The highest BCUT2D eigenvalue weighted by Gasteiger charge is 2.32. The number of benzene rings is 1. The van der Waals surface area contributed by atoms with Crippen molar-refractivity contribution in [1.29, 1.82) is 0 Å². The molecular formula is C23H32F2O2. The van der Waals surface area contributed by atoms with Crippen molar-refractivity contribution in [2.24, 2.45) is 11.8 Å². The van der Waals surface area contributed by atoms with Crippen LogP contribution in [0, 0.1) is 11.8 Å². The molecule has 2 nitrogen and oxygen atoms in total. The summed E-state index contributed by atoms with van der Waals surface area (Å²) in [6.45, 7) is 3.59. The molecule has 1 aromatic carbocycles. The zero-order valence-electron chi connectivity index (χ0n) is 16.3. The van der Waals surface area contributed by atoms with E-state index in [1.807, 2.05) is 0 Å². The minimum atomic E-state index is -1.55. The Morgan fingerprint density at radius 2 is 1.67 bits per heavy atom. The lowest BCUT2D eigenvalue weighted by Gasteiger charge is -2.37. The fraction of sp³-hybridized carbons (Fsp3) is 0.652. The molecule has 27 heavy (non-hydrogen) atoms. The Kier molecular flexibility index (Phi) is 7.83. The van der Waals surface area contributed by atoms with Crippen molar-refractivity contribution in [2.45, 2.75) is 70.5 Å². The van der Waals surface area contributed by atoms with Gasteiger partial charge in [0, 0.05) is 11.8 Å². The molecule has 0 unspecified atom stereocenters. The van der Waals surface area contributed by atoms with Gasteiger partial charge in [0.1, 0.15) is 0 Å². The van der Waals surface area contributed by atoms with Crippen molar-refractivity contribution < 1.29 is 18.3 Å². The molecule has 0 N–H and O–H groups in total. The molecule has 0 spiro atoms. The van der Waals surface area contributed by atoms with Crippen LogP contribution in [0.2, 0.25) is 0 Å². The fourth-order valence-electron chi connectivity index (χ4n) is 4.28. The number of allylic oxidation sites excluding steroid dienone is 1. The quantitative estimate of drug-likeness (QED) is 0.507. The Morgan fingerprint density at radius 1 is 1.00 bits per heavy atom. The third kappa shape index (κ3) is 6.11. The molecule has 3 rings (SSSR count). The summed E-state index contributed by atoms with van der Waals surface area (Å²) in [4.78, 5) is 0. The summed E-state index contributed by atoms with van der Waals surface area (Å²) >= 11 is 0. The second-order valence-corrected chi connectivity index (χ2v) is 8.06. The highest BCUT2D eigenvalue weighted by molar-refractivity contribution is 5.26. The van der Waals surface area contributed by atoms with Crippen LogP contribution in [0.25, 0.3) is 0 Å². The van der Waals surface area contributed by atoms with Crippen LogP contribution < -0.4 is 0 Å². The Hall–Kier alpha value is -1.26. The average molecular weight is 379 g/mol. The van der Waals surface area contributed by atoms with Gasteiger partial charge in [-0.05, 0) is 61.6 Å². The van der Waals surface area contributed by atoms with E-state index in [1.54, 1.807) is 0 Å². The molecule has 0 atom stereocenters. The summed E-state index contributed by atoms with van der Waals surface area (Å²) in [5.41, 5.74) is 2.68. The molecule has 0 bridgehead atoms. The van der Waals surface area contributed by atoms with Crippen LogP contribution in [-0.2, 0) is 15.9 Å². The molecule has 0 aromatic heterocycles. The van der Waals surface area contributed by atoms with Gasteiger partial charge >= 0.3 is 0 Å². The smallest absolute Gasteiger partial charge is 0.266 e. The topological polar surface area (TPSA) is 18.5 Å². The first-order valence-corrected chi connectivity index (χ1v) is 10.5. The molecule has 150 valence electrons. The lowest BCUT2D eigenvalue weighted by molar-refractivity contribution is -0.217. The first-order valence-electron chi connectivity index (χ1n) is 10.5. The van der Waals surface area contributed by atoms with Crippen molar-refractivity contribution in [3.63, 3.8) is 0 Å². The van der Waals surface area contributed by atoms with E-state index in [1.165, 1.54) is 30.4 Å². The molecule has 1 aromatic rings. The lowest BCUT2D eigenvalue weighted by atomic mass is 9.81. The van der Waals surface area contributed by atoms with Gasteiger partial charge in [-0.25, -0.2) is 0 Å². The van der Waals surface area contributed by atoms with Gasteiger partial charge in [0.05, 0.1) is 13.2 Å². The number of hydrogen-bond donors (Lipinski definition) is 0. The molecule has 0 amide bonds. The molecular weight excluding hydrogens is 346 g/mol. The third-order valence-corrected chi connectivity index (χ3v) is 6.01. The number of halogens is 2. The lowest BCUT2D eigenvalue weighted by Crippen LogP contribution is -2.37. The summed E-state index contributed by atoms with van der Waals surface area (Å²) in [6.07, 6.45) is 7.73. The SMILES string of the molecule is CCCCCc1ccc(C2COC(C3CCC(C=C(F)F)CC3)OC2)cc1. The van der Waals surface area contributed by atoms with Crippen molar-refractivity contribution in [1.82, 2.24) is 0 Å². The number of aryl methyl sites for hydroxylation is 1. The zero-order chi connectivity index (χ0) is 19.1. The largest absolute Gasteiger partial charge is 0.352 e. The molecule has 1 saturated carbocycles. The molecule has 1 saturated heterocycles. The van der Waals surface area contributed by atoms with Gasteiger partial charge in [-0.1, -0.05) is 44.0 Å². The maximum absolute atomic E-state index is 12.4. The van der Waals surface area contributed by atoms with Crippen molar-refractivity contribution in [2.75, 3.05) is 13.2 Å². The van der Waals surface area contributed by atoms with E-state index in [9.17, 15) is 8.78 Å². The standard InChI is InChI=1S/C23H32F2O2/c1-2-3-4-5-17-6-10-19(11-7-17)21-15-26-23(27-16-21)20-12-8-18(9-13-20)14-22(24)25/h6-7,10-11,14,18,20-21,23H,2-5,8-9,12-13,15-16H2,1H3. The molecule has 4 heteroatoms. The number of ether oxygens (including phenoxy) is 2. The summed E-state index contributed by atoms with van der Waals surface area (Å²) in [5.74, 6) is 0.628. The Labute approximate surface area is 161 Å². The summed E-state index contributed by atoms with van der Waals surface area (Å²) in [5, 5.41) is 0. The molecule has 2 aliphatic rings.